The van der Waals surface area contributed by atoms with Gasteiger partial charge in [-0.05, 0) is 24.3 Å². The van der Waals surface area contributed by atoms with Crippen molar-refractivity contribution >= 4 is 12.4 Å². The van der Waals surface area contributed by atoms with Gasteiger partial charge in [-0.3, -0.25) is 0 Å². The second-order valence-corrected chi connectivity index (χ2v) is 6.50. The van der Waals surface area contributed by atoms with Crippen molar-refractivity contribution in [1.29, 1.82) is 0 Å². The zero-order valence-corrected chi connectivity index (χ0v) is 13.9. The zero-order chi connectivity index (χ0) is 15.0. The Bertz CT molecular complexity index is 663. The molecular formula is C17H21ClFN3. The van der Waals surface area contributed by atoms with Crippen LogP contribution in [-0.2, 0) is 18.4 Å². The molecule has 0 saturated carbocycles. The van der Waals surface area contributed by atoms with Crippen molar-refractivity contribution in [2.24, 2.45) is 0 Å². The number of nitrogens with one attached hydrogen (secondary N) is 1. The summed E-state index contributed by atoms with van der Waals surface area (Å²) in [6.07, 6.45) is 0.912. The predicted octanol–water partition coefficient (Wildman–Crippen LogP) is 3.65. The fourth-order valence-electron chi connectivity index (χ4n) is 2.53. The number of rotatable bonds is 1. The SMILES string of the molecule is CC(C)(C)c1nc2c(c(-c3ccc(F)cc3)n1)CNCC2.Cl. The fourth-order valence-corrected chi connectivity index (χ4v) is 2.53. The first kappa shape index (κ1) is 16.8. The summed E-state index contributed by atoms with van der Waals surface area (Å²) >= 11 is 0. The molecule has 2 aromatic rings. The molecule has 0 unspecified atom stereocenters. The summed E-state index contributed by atoms with van der Waals surface area (Å²) in [7, 11) is 0. The second kappa shape index (κ2) is 6.31. The first-order valence-electron chi connectivity index (χ1n) is 7.32. The van der Waals surface area contributed by atoms with Crippen molar-refractivity contribution in [2.45, 2.75) is 39.2 Å². The van der Waals surface area contributed by atoms with Crippen molar-refractivity contribution in [3.63, 3.8) is 0 Å². The third-order valence-electron chi connectivity index (χ3n) is 3.72. The average molecular weight is 322 g/mol. The minimum atomic E-state index is -0.226. The first-order valence-corrected chi connectivity index (χ1v) is 7.32. The molecule has 3 rings (SSSR count). The topological polar surface area (TPSA) is 37.8 Å². The van der Waals surface area contributed by atoms with Gasteiger partial charge in [0.1, 0.15) is 11.6 Å². The molecule has 0 aliphatic carbocycles. The molecule has 0 fully saturated rings. The number of nitrogens with zero attached hydrogens (tertiary/aromatic N) is 2. The van der Waals surface area contributed by atoms with Crippen LogP contribution in [0.2, 0.25) is 0 Å². The smallest absolute Gasteiger partial charge is 0.134 e. The predicted molar refractivity (Wildman–Crippen MR) is 88.8 cm³/mol. The Morgan fingerprint density at radius 1 is 1.09 bits per heavy atom. The van der Waals surface area contributed by atoms with Crippen LogP contribution in [0.4, 0.5) is 4.39 Å². The van der Waals surface area contributed by atoms with Crippen LogP contribution in [-0.4, -0.2) is 16.5 Å². The van der Waals surface area contributed by atoms with Crippen LogP contribution >= 0.6 is 12.4 Å². The van der Waals surface area contributed by atoms with E-state index in [-0.39, 0.29) is 23.6 Å². The van der Waals surface area contributed by atoms with Crippen molar-refractivity contribution < 1.29 is 4.39 Å². The molecule has 1 aromatic carbocycles. The maximum atomic E-state index is 13.2. The van der Waals surface area contributed by atoms with Crippen molar-refractivity contribution in [3.8, 4) is 11.3 Å². The molecule has 5 heteroatoms. The van der Waals surface area contributed by atoms with Gasteiger partial charge in [-0.15, -0.1) is 12.4 Å². The molecule has 1 aliphatic heterocycles. The van der Waals surface area contributed by atoms with E-state index in [1.54, 1.807) is 12.1 Å². The van der Waals surface area contributed by atoms with E-state index in [1.165, 1.54) is 12.1 Å². The minimum absolute atomic E-state index is 0. The van der Waals surface area contributed by atoms with E-state index in [0.717, 1.165) is 47.8 Å². The van der Waals surface area contributed by atoms with Crippen LogP contribution < -0.4 is 5.32 Å². The Morgan fingerprint density at radius 2 is 1.77 bits per heavy atom. The van der Waals surface area contributed by atoms with Crippen LogP contribution in [0.3, 0.4) is 0 Å². The summed E-state index contributed by atoms with van der Waals surface area (Å²) in [5.41, 5.74) is 4.03. The van der Waals surface area contributed by atoms with Crippen LogP contribution in [0, 0.1) is 5.82 Å². The van der Waals surface area contributed by atoms with E-state index in [0.29, 0.717) is 0 Å². The van der Waals surface area contributed by atoms with Crippen LogP contribution in [0.1, 0.15) is 37.9 Å². The molecule has 118 valence electrons. The van der Waals surface area contributed by atoms with E-state index in [1.807, 2.05) is 0 Å². The Labute approximate surface area is 136 Å². The van der Waals surface area contributed by atoms with Gasteiger partial charge in [-0.2, -0.15) is 0 Å². The third kappa shape index (κ3) is 3.28. The maximum Gasteiger partial charge on any atom is 0.134 e. The molecule has 0 bridgehead atoms. The molecule has 0 radical (unpaired) electrons. The van der Waals surface area contributed by atoms with Gasteiger partial charge < -0.3 is 5.32 Å². The summed E-state index contributed by atoms with van der Waals surface area (Å²) in [5, 5.41) is 3.37. The summed E-state index contributed by atoms with van der Waals surface area (Å²) in [6.45, 7) is 8.06. The Hall–Kier alpha value is -1.52. The molecule has 1 aromatic heterocycles. The molecule has 1 N–H and O–H groups in total. The van der Waals surface area contributed by atoms with Crippen LogP contribution in [0.15, 0.2) is 24.3 Å². The highest BCUT2D eigenvalue weighted by Gasteiger charge is 2.24. The van der Waals surface area contributed by atoms with Crippen molar-refractivity contribution in [3.05, 3.63) is 47.2 Å². The van der Waals surface area contributed by atoms with Gasteiger partial charge >= 0.3 is 0 Å². The summed E-state index contributed by atoms with van der Waals surface area (Å²) < 4.78 is 13.2. The molecule has 22 heavy (non-hydrogen) atoms. The lowest BCUT2D eigenvalue weighted by atomic mass is 9.93. The van der Waals surface area contributed by atoms with Crippen molar-refractivity contribution in [2.75, 3.05) is 6.54 Å². The standard InChI is InChI=1S/C17H20FN3.ClH/c1-17(2,3)16-20-14-8-9-19-10-13(14)15(21-16)11-4-6-12(18)7-5-11;/h4-7,19H,8-10H2,1-3H3;1H. The van der Waals surface area contributed by atoms with E-state index in [4.69, 9.17) is 9.97 Å². The zero-order valence-electron chi connectivity index (χ0n) is 13.1. The van der Waals surface area contributed by atoms with E-state index >= 15 is 0 Å². The van der Waals surface area contributed by atoms with Gasteiger partial charge in [0.25, 0.3) is 0 Å². The van der Waals surface area contributed by atoms with Gasteiger partial charge in [0, 0.05) is 36.1 Å². The largest absolute Gasteiger partial charge is 0.312 e. The normalized spacial score (nSPS) is 14.2. The lowest BCUT2D eigenvalue weighted by Crippen LogP contribution is -2.28. The van der Waals surface area contributed by atoms with Gasteiger partial charge in [0.15, 0.2) is 0 Å². The number of aromatic nitrogens is 2. The fraction of sp³-hybridized carbons (Fsp3) is 0.412. The van der Waals surface area contributed by atoms with E-state index < -0.39 is 0 Å². The third-order valence-corrected chi connectivity index (χ3v) is 3.72. The quantitative estimate of drug-likeness (QED) is 0.871. The Morgan fingerprint density at radius 3 is 2.41 bits per heavy atom. The summed E-state index contributed by atoms with van der Waals surface area (Å²) in [4.78, 5) is 9.55. The molecule has 0 spiro atoms. The molecule has 0 atom stereocenters. The average Bonchev–Trinajstić information content (AvgIpc) is 2.46. The number of hydrogen-bond acceptors (Lipinski definition) is 3. The number of hydrogen-bond donors (Lipinski definition) is 1. The molecular weight excluding hydrogens is 301 g/mol. The van der Waals surface area contributed by atoms with E-state index in [9.17, 15) is 4.39 Å². The highest BCUT2D eigenvalue weighted by Crippen LogP contribution is 2.29. The molecule has 0 saturated heterocycles. The number of halogens is 2. The maximum absolute atomic E-state index is 13.2. The van der Waals surface area contributed by atoms with Gasteiger partial charge in [-0.1, -0.05) is 20.8 Å². The molecule has 0 amide bonds. The summed E-state index contributed by atoms with van der Waals surface area (Å²) in [6, 6.07) is 6.55. The van der Waals surface area contributed by atoms with Gasteiger partial charge in [-0.25, -0.2) is 14.4 Å². The van der Waals surface area contributed by atoms with Crippen molar-refractivity contribution in [1.82, 2.24) is 15.3 Å². The number of benzene rings is 1. The Kier molecular flexibility index (Phi) is 4.83. The van der Waals surface area contributed by atoms with E-state index in [2.05, 4.69) is 26.1 Å². The Balaban J connectivity index is 0.00000176. The highest BCUT2D eigenvalue weighted by atomic mass is 35.5. The monoisotopic (exact) mass is 321 g/mol. The summed E-state index contributed by atoms with van der Waals surface area (Å²) in [5.74, 6) is 0.623. The lowest BCUT2D eigenvalue weighted by molar-refractivity contribution is 0.531. The van der Waals surface area contributed by atoms with Gasteiger partial charge in [0.2, 0.25) is 0 Å². The number of fused-ring (bicyclic) bond motifs is 1. The molecule has 2 heterocycles. The van der Waals surface area contributed by atoms with Crippen LogP contribution in [0.5, 0.6) is 0 Å². The highest BCUT2D eigenvalue weighted by molar-refractivity contribution is 5.85. The molecule has 1 aliphatic rings. The second-order valence-electron chi connectivity index (χ2n) is 6.50. The van der Waals surface area contributed by atoms with Crippen LogP contribution in [0.25, 0.3) is 11.3 Å². The van der Waals surface area contributed by atoms with Gasteiger partial charge in [0.05, 0.1) is 11.4 Å². The first-order chi connectivity index (χ1) is 9.95. The molecule has 3 nitrogen and oxygen atoms in total. The minimum Gasteiger partial charge on any atom is -0.312 e. The lowest BCUT2D eigenvalue weighted by Gasteiger charge is -2.24.